The normalized spacial score (nSPS) is 12.4. The molecule has 1 atom stereocenters. The van der Waals surface area contributed by atoms with E-state index < -0.39 is 0 Å². The van der Waals surface area contributed by atoms with Gasteiger partial charge in [0.2, 0.25) is 0 Å². The minimum atomic E-state index is 0.0665. The Labute approximate surface area is 111 Å². The van der Waals surface area contributed by atoms with Crippen LogP contribution in [-0.4, -0.2) is 0 Å². The first-order chi connectivity index (χ1) is 8.15. The van der Waals surface area contributed by atoms with Crippen molar-refractivity contribution in [1.29, 1.82) is 0 Å². The molecule has 0 aliphatic carbocycles. The van der Waals surface area contributed by atoms with Crippen molar-refractivity contribution in [2.24, 2.45) is 5.73 Å². The monoisotopic (exact) mass is 289 g/mol. The van der Waals surface area contributed by atoms with Gasteiger partial charge in [-0.05, 0) is 36.6 Å². The maximum absolute atomic E-state index is 6.20. The third-order valence-electron chi connectivity index (χ3n) is 2.87. The van der Waals surface area contributed by atoms with E-state index in [4.69, 9.17) is 5.73 Å². The summed E-state index contributed by atoms with van der Waals surface area (Å²) in [5, 5.41) is 0. The van der Waals surface area contributed by atoms with Crippen LogP contribution in [0.1, 0.15) is 22.7 Å². The molecule has 0 radical (unpaired) electrons. The fraction of sp³-hybridized carbons (Fsp3) is 0.200. The Balaban J connectivity index is 2.08. The molecular formula is C15H16BrN. The zero-order chi connectivity index (χ0) is 12.3. The summed E-state index contributed by atoms with van der Waals surface area (Å²) < 4.78 is 1.10. The molecule has 0 aliphatic rings. The van der Waals surface area contributed by atoms with E-state index in [1.165, 1.54) is 16.7 Å². The van der Waals surface area contributed by atoms with Crippen molar-refractivity contribution in [3.63, 3.8) is 0 Å². The number of hydrogen-bond donors (Lipinski definition) is 1. The Morgan fingerprint density at radius 3 is 2.18 bits per heavy atom. The first-order valence-corrected chi connectivity index (χ1v) is 6.51. The molecule has 0 spiro atoms. The molecule has 2 N–H and O–H groups in total. The average molecular weight is 290 g/mol. The number of nitrogens with two attached hydrogens (primary N) is 1. The fourth-order valence-corrected chi connectivity index (χ4v) is 2.07. The van der Waals surface area contributed by atoms with Crippen LogP contribution in [0, 0.1) is 6.92 Å². The van der Waals surface area contributed by atoms with E-state index in [9.17, 15) is 0 Å². The van der Waals surface area contributed by atoms with Crippen LogP contribution in [0.4, 0.5) is 0 Å². The van der Waals surface area contributed by atoms with Crippen LogP contribution in [0.5, 0.6) is 0 Å². The molecule has 2 aromatic rings. The van der Waals surface area contributed by atoms with Crippen LogP contribution in [0.15, 0.2) is 53.0 Å². The van der Waals surface area contributed by atoms with Gasteiger partial charge in [0.25, 0.3) is 0 Å². The van der Waals surface area contributed by atoms with E-state index in [1.807, 2.05) is 0 Å². The highest BCUT2D eigenvalue weighted by Crippen LogP contribution is 2.18. The molecule has 1 nitrogen and oxygen atoms in total. The number of aryl methyl sites for hydroxylation is 1. The van der Waals surface area contributed by atoms with Crippen LogP contribution in [0.2, 0.25) is 0 Å². The van der Waals surface area contributed by atoms with Crippen molar-refractivity contribution in [1.82, 2.24) is 0 Å². The second-order valence-electron chi connectivity index (χ2n) is 4.35. The van der Waals surface area contributed by atoms with Crippen LogP contribution < -0.4 is 5.73 Å². The summed E-state index contributed by atoms with van der Waals surface area (Å²) >= 11 is 3.43. The predicted molar refractivity (Wildman–Crippen MR) is 76.0 cm³/mol. The standard InChI is InChI=1S/C15H16BrN/c1-11-2-6-13(7-3-11)15(17)10-12-4-8-14(16)9-5-12/h2-9,15H,10,17H2,1H3. The Bertz CT molecular complexity index is 473. The Morgan fingerprint density at radius 1 is 1.00 bits per heavy atom. The molecule has 88 valence electrons. The van der Waals surface area contributed by atoms with Gasteiger partial charge in [0.1, 0.15) is 0 Å². The van der Waals surface area contributed by atoms with E-state index in [1.54, 1.807) is 0 Å². The van der Waals surface area contributed by atoms with E-state index in [2.05, 4.69) is 71.4 Å². The summed E-state index contributed by atoms with van der Waals surface area (Å²) in [5.41, 5.74) is 9.93. The van der Waals surface area contributed by atoms with E-state index in [-0.39, 0.29) is 6.04 Å². The Morgan fingerprint density at radius 2 is 1.59 bits per heavy atom. The molecule has 0 amide bonds. The summed E-state index contributed by atoms with van der Waals surface area (Å²) in [5.74, 6) is 0. The lowest BCUT2D eigenvalue weighted by molar-refractivity contribution is 0.721. The van der Waals surface area contributed by atoms with Crippen molar-refractivity contribution in [2.45, 2.75) is 19.4 Å². The molecule has 17 heavy (non-hydrogen) atoms. The van der Waals surface area contributed by atoms with Crippen LogP contribution in [0.3, 0.4) is 0 Å². The van der Waals surface area contributed by atoms with Gasteiger partial charge in [-0.15, -0.1) is 0 Å². The number of hydrogen-bond acceptors (Lipinski definition) is 1. The van der Waals surface area contributed by atoms with Gasteiger partial charge in [0.05, 0.1) is 0 Å². The second kappa shape index (κ2) is 5.48. The zero-order valence-corrected chi connectivity index (χ0v) is 11.4. The van der Waals surface area contributed by atoms with Crippen molar-refractivity contribution in [3.8, 4) is 0 Å². The molecule has 0 fully saturated rings. The van der Waals surface area contributed by atoms with E-state index >= 15 is 0 Å². The Kier molecular flexibility index (Phi) is 3.97. The largest absolute Gasteiger partial charge is 0.324 e. The number of halogens is 1. The second-order valence-corrected chi connectivity index (χ2v) is 5.26. The summed E-state index contributed by atoms with van der Waals surface area (Å²) in [6.07, 6.45) is 0.871. The third kappa shape index (κ3) is 3.42. The van der Waals surface area contributed by atoms with Crippen molar-refractivity contribution in [2.75, 3.05) is 0 Å². The quantitative estimate of drug-likeness (QED) is 0.908. The van der Waals surface area contributed by atoms with Gasteiger partial charge < -0.3 is 5.73 Å². The highest BCUT2D eigenvalue weighted by molar-refractivity contribution is 9.10. The molecule has 2 aromatic carbocycles. The first kappa shape index (κ1) is 12.3. The SMILES string of the molecule is Cc1ccc(C(N)Cc2ccc(Br)cc2)cc1. The molecule has 0 bridgehead atoms. The smallest absolute Gasteiger partial charge is 0.0335 e. The van der Waals surface area contributed by atoms with Gasteiger partial charge in [-0.2, -0.15) is 0 Å². The predicted octanol–water partition coefficient (Wildman–Crippen LogP) is 4.00. The molecule has 0 saturated carbocycles. The maximum Gasteiger partial charge on any atom is 0.0335 e. The van der Waals surface area contributed by atoms with Gasteiger partial charge in [0.15, 0.2) is 0 Å². The minimum absolute atomic E-state index is 0.0665. The highest BCUT2D eigenvalue weighted by Gasteiger charge is 2.06. The molecule has 1 unspecified atom stereocenters. The molecule has 0 aromatic heterocycles. The topological polar surface area (TPSA) is 26.0 Å². The van der Waals surface area contributed by atoms with Gasteiger partial charge in [0, 0.05) is 10.5 Å². The molecule has 0 saturated heterocycles. The molecule has 0 heterocycles. The molecule has 0 aliphatic heterocycles. The van der Waals surface area contributed by atoms with E-state index in [0.717, 1.165) is 10.9 Å². The lowest BCUT2D eigenvalue weighted by Gasteiger charge is -2.12. The van der Waals surface area contributed by atoms with E-state index in [0.29, 0.717) is 0 Å². The molecular weight excluding hydrogens is 274 g/mol. The van der Waals surface area contributed by atoms with Gasteiger partial charge in [-0.25, -0.2) is 0 Å². The number of benzene rings is 2. The zero-order valence-electron chi connectivity index (χ0n) is 9.86. The van der Waals surface area contributed by atoms with Gasteiger partial charge >= 0.3 is 0 Å². The summed E-state index contributed by atoms with van der Waals surface area (Å²) in [6.45, 7) is 2.09. The highest BCUT2D eigenvalue weighted by atomic mass is 79.9. The van der Waals surface area contributed by atoms with Crippen molar-refractivity contribution in [3.05, 3.63) is 69.7 Å². The molecule has 2 rings (SSSR count). The Hall–Kier alpha value is -1.12. The van der Waals surface area contributed by atoms with Gasteiger partial charge in [-0.1, -0.05) is 57.9 Å². The summed E-state index contributed by atoms with van der Waals surface area (Å²) in [4.78, 5) is 0. The maximum atomic E-state index is 6.20. The fourth-order valence-electron chi connectivity index (χ4n) is 1.81. The summed E-state index contributed by atoms with van der Waals surface area (Å²) in [6, 6.07) is 16.8. The summed E-state index contributed by atoms with van der Waals surface area (Å²) in [7, 11) is 0. The van der Waals surface area contributed by atoms with Crippen LogP contribution in [-0.2, 0) is 6.42 Å². The minimum Gasteiger partial charge on any atom is -0.324 e. The van der Waals surface area contributed by atoms with Crippen LogP contribution in [0.25, 0.3) is 0 Å². The lowest BCUT2D eigenvalue weighted by Crippen LogP contribution is -2.13. The van der Waals surface area contributed by atoms with Crippen LogP contribution >= 0.6 is 15.9 Å². The lowest BCUT2D eigenvalue weighted by atomic mass is 9.99. The van der Waals surface area contributed by atoms with Crippen molar-refractivity contribution < 1.29 is 0 Å². The van der Waals surface area contributed by atoms with Gasteiger partial charge in [-0.3, -0.25) is 0 Å². The third-order valence-corrected chi connectivity index (χ3v) is 3.40. The average Bonchev–Trinajstić information content (AvgIpc) is 2.33. The van der Waals surface area contributed by atoms with Crippen molar-refractivity contribution >= 4 is 15.9 Å². The molecule has 2 heteroatoms. The number of rotatable bonds is 3. The first-order valence-electron chi connectivity index (χ1n) is 5.72.